The lowest BCUT2D eigenvalue weighted by Crippen LogP contribution is -2.25. The van der Waals surface area contributed by atoms with Crippen LogP contribution in [-0.2, 0) is 9.16 Å². The summed E-state index contributed by atoms with van der Waals surface area (Å²) in [5.74, 6) is 0.983. The van der Waals surface area contributed by atoms with E-state index in [1.807, 2.05) is 13.8 Å². The second kappa shape index (κ2) is 8.20. The Hall–Kier alpha value is -2.00. The predicted octanol–water partition coefficient (Wildman–Crippen LogP) is 5.02. The Morgan fingerprint density at radius 1 is 0.875 bits per heavy atom. The Morgan fingerprint density at radius 2 is 1.33 bits per heavy atom. The first-order valence-electron chi connectivity index (χ1n) is 8.40. The lowest BCUT2D eigenvalue weighted by Gasteiger charge is -2.35. The van der Waals surface area contributed by atoms with E-state index in [9.17, 15) is 0 Å². The van der Waals surface area contributed by atoms with Crippen LogP contribution in [0.3, 0.4) is 0 Å². The van der Waals surface area contributed by atoms with Gasteiger partial charge in [-0.2, -0.15) is 0 Å². The fourth-order valence-corrected chi connectivity index (χ4v) is 4.68. The molecule has 0 amide bonds. The van der Waals surface area contributed by atoms with Crippen molar-refractivity contribution in [3.8, 4) is 0 Å². The van der Waals surface area contributed by atoms with Crippen molar-refractivity contribution in [2.45, 2.75) is 38.7 Å². The molecule has 0 aromatic heterocycles. The molecule has 2 aromatic rings. The van der Waals surface area contributed by atoms with Gasteiger partial charge in [0.05, 0.1) is 7.11 Å². The smallest absolute Gasteiger partial charge is 0.263 e. The van der Waals surface area contributed by atoms with Crippen LogP contribution >= 0.6 is 0 Å². The van der Waals surface area contributed by atoms with Crippen LogP contribution in [0.15, 0.2) is 72.2 Å². The van der Waals surface area contributed by atoms with Gasteiger partial charge in [0, 0.05) is 11.5 Å². The van der Waals surface area contributed by atoms with E-state index in [4.69, 9.17) is 9.16 Å². The Morgan fingerprint density at radius 3 is 1.71 bits per heavy atom. The second-order valence-electron chi connectivity index (χ2n) is 7.02. The van der Waals surface area contributed by atoms with Crippen molar-refractivity contribution in [3.63, 3.8) is 0 Å². The van der Waals surface area contributed by atoms with Crippen LogP contribution in [0.1, 0.15) is 44.7 Å². The third-order valence-electron chi connectivity index (χ3n) is 4.22. The summed E-state index contributed by atoms with van der Waals surface area (Å²) >= 11 is 0. The van der Waals surface area contributed by atoms with E-state index in [2.05, 4.69) is 74.5 Å². The molecule has 0 unspecified atom stereocenters. The largest absolute Gasteiger partial charge is 0.524 e. The Balaban J connectivity index is 2.34. The summed E-state index contributed by atoms with van der Waals surface area (Å²) in [4.78, 5) is 0. The first-order valence-corrected chi connectivity index (χ1v) is 9.68. The molecule has 0 radical (unpaired) electrons. The lowest BCUT2D eigenvalue weighted by atomic mass is 9.82. The average Bonchev–Trinajstić information content (AvgIpc) is 2.57. The van der Waals surface area contributed by atoms with Gasteiger partial charge >= 0.3 is 0 Å². The highest BCUT2D eigenvalue weighted by atomic mass is 28.2. The van der Waals surface area contributed by atoms with Gasteiger partial charge in [-0.1, -0.05) is 74.5 Å². The van der Waals surface area contributed by atoms with Gasteiger partial charge in [-0.15, -0.1) is 0 Å². The molecule has 0 bridgehead atoms. The Kier molecular flexibility index (Phi) is 6.27. The SMILES string of the molecule is COC(O[SiH2]C(C)(C)C(c1ccccc1)c1ccccc1)=C(C)C. The molecule has 24 heavy (non-hydrogen) atoms. The summed E-state index contributed by atoms with van der Waals surface area (Å²) in [5, 5.41) is 0.0436. The number of methoxy groups -OCH3 is 1. The van der Waals surface area contributed by atoms with Crippen LogP contribution in [0, 0.1) is 0 Å². The van der Waals surface area contributed by atoms with Crippen molar-refractivity contribution in [1.82, 2.24) is 0 Å². The van der Waals surface area contributed by atoms with Crippen molar-refractivity contribution in [1.29, 1.82) is 0 Å². The molecule has 0 heterocycles. The summed E-state index contributed by atoms with van der Waals surface area (Å²) in [7, 11) is 0.796. The maximum atomic E-state index is 6.14. The molecule has 128 valence electrons. The summed E-state index contributed by atoms with van der Waals surface area (Å²) in [6.45, 7) is 8.66. The number of hydrogen-bond donors (Lipinski definition) is 0. The van der Waals surface area contributed by atoms with Gasteiger partial charge in [-0.3, -0.25) is 0 Å². The molecule has 0 aliphatic rings. The third kappa shape index (κ3) is 4.51. The molecule has 2 aromatic carbocycles. The van der Waals surface area contributed by atoms with Gasteiger partial charge in [-0.05, 0) is 30.0 Å². The molecule has 0 saturated carbocycles. The summed E-state index contributed by atoms with van der Waals surface area (Å²) in [6.07, 6.45) is 0. The molecule has 0 aliphatic heterocycles. The van der Waals surface area contributed by atoms with Gasteiger partial charge in [0.2, 0.25) is 9.76 Å². The van der Waals surface area contributed by atoms with Gasteiger partial charge in [0.25, 0.3) is 5.95 Å². The topological polar surface area (TPSA) is 18.5 Å². The van der Waals surface area contributed by atoms with Crippen molar-refractivity contribution in [2.75, 3.05) is 7.11 Å². The number of hydrogen-bond acceptors (Lipinski definition) is 2. The predicted molar refractivity (Wildman–Crippen MR) is 104 cm³/mol. The molecule has 0 saturated heterocycles. The number of benzene rings is 2. The molecule has 0 N–H and O–H groups in total. The van der Waals surface area contributed by atoms with E-state index in [0.717, 1.165) is 5.57 Å². The molecule has 0 fully saturated rings. The summed E-state index contributed by atoms with van der Waals surface area (Å²) in [5.41, 5.74) is 3.75. The maximum Gasteiger partial charge on any atom is 0.263 e. The second-order valence-corrected chi connectivity index (χ2v) is 9.42. The van der Waals surface area contributed by atoms with Crippen LogP contribution in [0.5, 0.6) is 0 Å². The molecule has 0 aliphatic carbocycles. The van der Waals surface area contributed by atoms with E-state index >= 15 is 0 Å². The molecule has 2 nitrogen and oxygen atoms in total. The molecule has 0 spiro atoms. The molecular formula is C21H28O2Si. The number of ether oxygens (including phenoxy) is 1. The average molecular weight is 341 g/mol. The van der Waals surface area contributed by atoms with E-state index in [0.29, 0.717) is 11.9 Å². The standard InChI is InChI=1S/C21H28O2Si/c1-16(2)20(22-5)23-24-21(3,4)19(17-12-8-6-9-13-17)18-14-10-7-11-15-18/h6-15,19H,24H2,1-5H3. The first-order chi connectivity index (χ1) is 11.5. The quantitative estimate of drug-likeness (QED) is 0.521. The third-order valence-corrected chi connectivity index (χ3v) is 5.77. The van der Waals surface area contributed by atoms with Gasteiger partial charge in [0.1, 0.15) is 0 Å². The van der Waals surface area contributed by atoms with Crippen LogP contribution in [0.2, 0.25) is 5.04 Å². The zero-order valence-corrected chi connectivity index (χ0v) is 16.8. The monoisotopic (exact) mass is 340 g/mol. The lowest BCUT2D eigenvalue weighted by molar-refractivity contribution is 0.146. The van der Waals surface area contributed by atoms with E-state index in [1.54, 1.807) is 7.11 Å². The minimum atomic E-state index is -0.880. The zero-order chi connectivity index (χ0) is 17.6. The van der Waals surface area contributed by atoms with Crippen molar-refractivity contribution in [3.05, 3.63) is 83.3 Å². The van der Waals surface area contributed by atoms with E-state index in [1.165, 1.54) is 11.1 Å². The fraction of sp³-hybridized carbons (Fsp3) is 0.333. The number of allylic oxidation sites excluding steroid dienone is 1. The van der Waals surface area contributed by atoms with Crippen LogP contribution in [-0.4, -0.2) is 16.9 Å². The van der Waals surface area contributed by atoms with Crippen LogP contribution < -0.4 is 0 Å². The van der Waals surface area contributed by atoms with Crippen molar-refractivity contribution in [2.24, 2.45) is 0 Å². The van der Waals surface area contributed by atoms with Crippen molar-refractivity contribution >= 4 is 9.76 Å². The highest BCUT2D eigenvalue weighted by Crippen LogP contribution is 2.46. The first kappa shape index (κ1) is 18.3. The van der Waals surface area contributed by atoms with Crippen molar-refractivity contribution < 1.29 is 9.16 Å². The minimum absolute atomic E-state index is 0.0436. The highest BCUT2D eigenvalue weighted by Gasteiger charge is 2.34. The molecule has 3 heteroatoms. The molecule has 2 rings (SSSR count). The normalized spacial score (nSPS) is 11.8. The molecular weight excluding hydrogens is 312 g/mol. The van der Waals surface area contributed by atoms with Crippen LogP contribution in [0.4, 0.5) is 0 Å². The maximum absolute atomic E-state index is 6.14. The Labute approximate surface area is 148 Å². The van der Waals surface area contributed by atoms with Crippen LogP contribution in [0.25, 0.3) is 0 Å². The summed E-state index contributed by atoms with van der Waals surface area (Å²) < 4.78 is 11.5. The number of rotatable bonds is 7. The minimum Gasteiger partial charge on any atom is -0.524 e. The van der Waals surface area contributed by atoms with E-state index in [-0.39, 0.29) is 5.04 Å². The van der Waals surface area contributed by atoms with E-state index < -0.39 is 9.76 Å². The molecule has 0 atom stereocenters. The zero-order valence-electron chi connectivity index (χ0n) is 15.4. The Bertz CT molecular complexity index is 619. The van der Waals surface area contributed by atoms with Gasteiger partial charge in [-0.25, -0.2) is 0 Å². The highest BCUT2D eigenvalue weighted by molar-refractivity contribution is 6.33. The van der Waals surface area contributed by atoms with Gasteiger partial charge < -0.3 is 9.16 Å². The summed E-state index contributed by atoms with van der Waals surface area (Å²) in [6, 6.07) is 21.4. The fourth-order valence-electron chi connectivity index (χ4n) is 3.13. The van der Waals surface area contributed by atoms with Gasteiger partial charge in [0.15, 0.2) is 0 Å².